The zero-order valence-corrected chi connectivity index (χ0v) is 16.7. The van der Waals surface area contributed by atoms with Crippen molar-refractivity contribution in [3.8, 4) is 5.75 Å². The number of nitrogens with one attached hydrogen (secondary N) is 2. The molecule has 0 radical (unpaired) electrons. The molecule has 0 aliphatic heterocycles. The Labute approximate surface area is 171 Å². The highest BCUT2D eigenvalue weighted by molar-refractivity contribution is 5.92. The van der Waals surface area contributed by atoms with E-state index in [1.807, 2.05) is 13.8 Å². The third-order valence-electron chi connectivity index (χ3n) is 4.18. The molecule has 0 spiro atoms. The Hall–Kier alpha value is -3.08. The molecular formula is C19H23F3N4O4. The number of hydrogen-bond donors (Lipinski definition) is 2. The van der Waals surface area contributed by atoms with E-state index in [0.717, 1.165) is 18.2 Å². The van der Waals surface area contributed by atoms with Crippen molar-refractivity contribution in [2.24, 2.45) is 0 Å². The fraction of sp³-hybridized carbons (Fsp3) is 0.421. The summed E-state index contributed by atoms with van der Waals surface area (Å²) in [7, 11) is 1.42. The minimum absolute atomic E-state index is 0.0529. The lowest BCUT2D eigenvalue weighted by molar-refractivity contribution is -0.274. The number of carbonyl (C=O) groups excluding carboxylic acids is 1. The molecule has 0 aliphatic carbocycles. The van der Waals surface area contributed by atoms with E-state index in [9.17, 15) is 22.8 Å². The highest BCUT2D eigenvalue weighted by atomic mass is 19.4. The largest absolute Gasteiger partial charge is 0.573 e. The van der Waals surface area contributed by atoms with Gasteiger partial charge in [0.15, 0.2) is 0 Å². The first kappa shape index (κ1) is 23.2. The second kappa shape index (κ2) is 10.1. The van der Waals surface area contributed by atoms with Gasteiger partial charge < -0.3 is 19.7 Å². The standard InChI is InChI=1S/C19H23F3N4O4/c1-4-26(5-2)18-24-14(10-16(27)25-18)17(28)23-15(11-29-3)12-6-8-13(9-7-12)30-19(20,21)22/h6-10,15H,4-5,11H2,1-3H3,(H,23,28)(H,24,25,27). The fourth-order valence-electron chi connectivity index (χ4n) is 2.76. The van der Waals surface area contributed by atoms with Crippen LogP contribution in [0.2, 0.25) is 0 Å². The summed E-state index contributed by atoms with van der Waals surface area (Å²) in [5.41, 5.74) is -0.0682. The van der Waals surface area contributed by atoms with Gasteiger partial charge >= 0.3 is 6.36 Å². The third-order valence-corrected chi connectivity index (χ3v) is 4.18. The lowest BCUT2D eigenvalue weighted by Gasteiger charge is -2.21. The molecule has 0 bridgehead atoms. The number of aromatic nitrogens is 2. The maximum absolute atomic E-state index is 12.7. The molecule has 11 heteroatoms. The SMILES string of the molecule is CCN(CC)c1nc(C(=O)NC(COC)c2ccc(OC(F)(F)F)cc2)cc(=O)[nH]1. The monoisotopic (exact) mass is 428 g/mol. The molecule has 0 fully saturated rings. The van der Waals surface area contributed by atoms with Crippen molar-refractivity contribution in [2.75, 3.05) is 31.7 Å². The molecule has 2 rings (SSSR count). The number of hydrogen-bond acceptors (Lipinski definition) is 6. The van der Waals surface area contributed by atoms with Crippen molar-refractivity contribution >= 4 is 11.9 Å². The molecule has 30 heavy (non-hydrogen) atoms. The maximum atomic E-state index is 12.7. The molecule has 1 amide bonds. The van der Waals surface area contributed by atoms with Crippen molar-refractivity contribution < 1.29 is 27.4 Å². The van der Waals surface area contributed by atoms with E-state index in [4.69, 9.17) is 4.74 Å². The fourth-order valence-corrected chi connectivity index (χ4v) is 2.76. The number of H-pyrrole nitrogens is 1. The topological polar surface area (TPSA) is 96.6 Å². The minimum Gasteiger partial charge on any atom is -0.406 e. The van der Waals surface area contributed by atoms with Crippen LogP contribution in [0.25, 0.3) is 0 Å². The number of anilines is 1. The second-order valence-electron chi connectivity index (χ2n) is 6.22. The van der Waals surface area contributed by atoms with Gasteiger partial charge in [0.25, 0.3) is 11.5 Å². The summed E-state index contributed by atoms with van der Waals surface area (Å²) in [5, 5.41) is 2.69. The van der Waals surface area contributed by atoms with E-state index in [0.29, 0.717) is 18.7 Å². The molecule has 2 N–H and O–H groups in total. The van der Waals surface area contributed by atoms with Gasteiger partial charge in [0, 0.05) is 26.3 Å². The van der Waals surface area contributed by atoms with Crippen LogP contribution in [0.5, 0.6) is 5.75 Å². The lowest BCUT2D eigenvalue weighted by atomic mass is 10.1. The lowest BCUT2D eigenvalue weighted by Crippen LogP contribution is -2.34. The summed E-state index contributed by atoms with van der Waals surface area (Å²) in [5.74, 6) is -0.726. The van der Waals surface area contributed by atoms with Crippen molar-refractivity contribution in [2.45, 2.75) is 26.3 Å². The number of amides is 1. The van der Waals surface area contributed by atoms with Crippen molar-refractivity contribution in [3.05, 3.63) is 51.9 Å². The van der Waals surface area contributed by atoms with E-state index in [2.05, 4.69) is 20.0 Å². The summed E-state index contributed by atoms with van der Waals surface area (Å²) in [6.45, 7) is 5.00. The molecule has 1 atom stereocenters. The van der Waals surface area contributed by atoms with E-state index in [1.54, 1.807) is 4.90 Å². The molecular weight excluding hydrogens is 405 g/mol. The highest BCUT2D eigenvalue weighted by Crippen LogP contribution is 2.24. The Bertz CT molecular complexity index is 896. The molecule has 1 aromatic heterocycles. The number of ether oxygens (including phenoxy) is 2. The van der Waals surface area contributed by atoms with E-state index < -0.39 is 23.9 Å². The van der Waals surface area contributed by atoms with Gasteiger partial charge in [-0.1, -0.05) is 12.1 Å². The zero-order valence-electron chi connectivity index (χ0n) is 16.7. The molecule has 0 saturated carbocycles. The van der Waals surface area contributed by atoms with Crippen LogP contribution in [0.15, 0.2) is 35.1 Å². The van der Waals surface area contributed by atoms with Gasteiger partial charge in [-0.15, -0.1) is 13.2 Å². The summed E-state index contributed by atoms with van der Waals surface area (Å²) < 4.78 is 45.9. The Morgan fingerprint density at radius 1 is 1.23 bits per heavy atom. The number of nitrogens with zero attached hydrogens (tertiary/aromatic N) is 2. The Balaban J connectivity index is 2.22. The predicted octanol–water partition coefficient (Wildman–Crippen LogP) is 2.63. The van der Waals surface area contributed by atoms with Crippen molar-refractivity contribution in [3.63, 3.8) is 0 Å². The number of rotatable bonds is 9. The molecule has 0 saturated heterocycles. The van der Waals surface area contributed by atoms with Gasteiger partial charge in [-0.05, 0) is 31.5 Å². The van der Waals surface area contributed by atoms with Gasteiger partial charge in [-0.3, -0.25) is 14.6 Å². The summed E-state index contributed by atoms with van der Waals surface area (Å²) >= 11 is 0. The van der Waals surface area contributed by atoms with Crippen LogP contribution >= 0.6 is 0 Å². The van der Waals surface area contributed by atoms with Gasteiger partial charge in [-0.25, -0.2) is 4.98 Å². The van der Waals surface area contributed by atoms with Crippen LogP contribution in [0, 0.1) is 0 Å². The molecule has 0 aliphatic rings. The molecule has 164 valence electrons. The smallest absolute Gasteiger partial charge is 0.406 e. The van der Waals surface area contributed by atoms with Crippen LogP contribution < -0.4 is 20.5 Å². The Kier molecular flexibility index (Phi) is 7.81. The van der Waals surface area contributed by atoms with Gasteiger partial charge in [0.2, 0.25) is 5.95 Å². The van der Waals surface area contributed by atoms with E-state index >= 15 is 0 Å². The number of aromatic amines is 1. The number of benzene rings is 1. The Morgan fingerprint density at radius 2 is 1.87 bits per heavy atom. The molecule has 8 nitrogen and oxygen atoms in total. The average Bonchev–Trinajstić information content (AvgIpc) is 2.67. The van der Waals surface area contributed by atoms with Crippen LogP contribution in [-0.2, 0) is 4.74 Å². The van der Waals surface area contributed by atoms with Crippen LogP contribution in [0.4, 0.5) is 19.1 Å². The summed E-state index contributed by atoms with van der Waals surface area (Å²) in [6.07, 6.45) is -4.80. The minimum atomic E-state index is -4.80. The van der Waals surface area contributed by atoms with Crippen LogP contribution in [0.3, 0.4) is 0 Å². The first-order valence-electron chi connectivity index (χ1n) is 9.18. The molecule has 1 aromatic carbocycles. The highest BCUT2D eigenvalue weighted by Gasteiger charge is 2.31. The maximum Gasteiger partial charge on any atom is 0.573 e. The van der Waals surface area contributed by atoms with Gasteiger partial charge in [0.1, 0.15) is 11.4 Å². The normalized spacial score (nSPS) is 12.3. The van der Waals surface area contributed by atoms with Crippen LogP contribution in [0.1, 0.15) is 35.9 Å². The summed E-state index contributed by atoms with van der Waals surface area (Å²) in [4.78, 5) is 33.2. The first-order chi connectivity index (χ1) is 14.2. The molecule has 1 heterocycles. The summed E-state index contributed by atoms with van der Waals surface area (Å²) in [6, 6.07) is 5.45. The quantitative estimate of drug-likeness (QED) is 0.638. The van der Waals surface area contributed by atoms with E-state index in [1.165, 1.54) is 19.2 Å². The molecule has 2 aromatic rings. The number of carbonyl (C=O) groups is 1. The second-order valence-corrected chi connectivity index (χ2v) is 6.22. The number of methoxy groups -OCH3 is 1. The van der Waals surface area contributed by atoms with Gasteiger partial charge in [0.05, 0.1) is 12.6 Å². The number of halogens is 3. The zero-order chi connectivity index (χ0) is 22.3. The van der Waals surface area contributed by atoms with E-state index in [-0.39, 0.29) is 24.0 Å². The van der Waals surface area contributed by atoms with Crippen molar-refractivity contribution in [1.82, 2.24) is 15.3 Å². The predicted molar refractivity (Wildman–Crippen MR) is 104 cm³/mol. The molecule has 1 unspecified atom stereocenters. The van der Waals surface area contributed by atoms with Crippen LogP contribution in [-0.4, -0.2) is 49.0 Å². The van der Waals surface area contributed by atoms with Crippen molar-refractivity contribution in [1.29, 1.82) is 0 Å². The average molecular weight is 428 g/mol. The number of alkyl halides is 3. The third kappa shape index (κ3) is 6.48. The first-order valence-corrected chi connectivity index (χ1v) is 9.18. The van der Waals surface area contributed by atoms with Gasteiger partial charge in [-0.2, -0.15) is 0 Å². The Morgan fingerprint density at radius 3 is 2.40 bits per heavy atom.